The van der Waals surface area contributed by atoms with Gasteiger partial charge < -0.3 is 10.6 Å². The standard InChI is InChI=1S/C15H25ClN2/c1-10(2)12(4)18(5)15-13(9-11(3)17)7-6-8-14(15)16/h6-8,10-12H,9,17H2,1-5H3. The molecule has 2 N–H and O–H groups in total. The van der Waals surface area contributed by atoms with E-state index in [1.807, 2.05) is 19.1 Å². The maximum Gasteiger partial charge on any atom is 0.0642 e. The number of hydrogen-bond donors (Lipinski definition) is 1. The highest BCUT2D eigenvalue weighted by molar-refractivity contribution is 6.33. The molecule has 2 unspecified atom stereocenters. The smallest absolute Gasteiger partial charge is 0.0642 e. The molecule has 3 heteroatoms. The van der Waals surface area contributed by atoms with Crippen LogP contribution >= 0.6 is 11.6 Å². The summed E-state index contributed by atoms with van der Waals surface area (Å²) in [6, 6.07) is 6.65. The summed E-state index contributed by atoms with van der Waals surface area (Å²) in [5.74, 6) is 0.578. The summed E-state index contributed by atoms with van der Waals surface area (Å²) in [5, 5.41) is 0.808. The monoisotopic (exact) mass is 268 g/mol. The van der Waals surface area contributed by atoms with E-state index in [0.29, 0.717) is 12.0 Å². The van der Waals surface area contributed by atoms with E-state index in [9.17, 15) is 0 Å². The summed E-state index contributed by atoms with van der Waals surface area (Å²) in [6.45, 7) is 8.70. The third-order valence-corrected chi connectivity index (χ3v) is 3.85. The Hall–Kier alpha value is -0.730. The Morgan fingerprint density at radius 2 is 1.83 bits per heavy atom. The fraction of sp³-hybridized carbons (Fsp3) is 0.600. The van der Waals surface area contributed by atoms with Crippen LogP contribution < -0.4 is 10.6 Å². The van der Waals surface area contributed by atoms with Crippen molar-refractivity contribution >= 4 is 17.3 Å². The zero-order valence-electron chi connectivity index (χ0n) is 12.1. The maximum atomic E-state index is 6.37. The van der Waals surface area contributed by atoms with E-state index in [0.717, 1.165) is 17.1 Å². The Balaban J connectivity index is 3.12. The molecular weight excluding hydrogens is 244 g/mol. The third-order valence-electron chi connectivity index (χ3n) is 3.54. The molecule has 0 saturated heterocycles. The van der Waals surface area contributed by atoms with Crippen LogP contribution in [0, 0.1) is 5.92 Å². The van der Waals surface area contributed by atoms with Crippen molar-refractivity contribution in [3.05, 3.63) is 28.8 Å². The van der Waals surface area contributed by atoms with Crippen LogP contribution in [-0.4, -0.2) is 19.1 Å². The van der Waals surface area contributed by atoms with Crippen molar-refractivity contribution in [2.75, 3.05) is 11.9 Å². The zero-order chi connectivity index (χ0) is 13.9. The number of halogens is 1. The van der Waals surface area contributed by atoms with Gasteiger partial charge in [0.15, 0.2) is 0 Å². The predicted molar refractivity (Wildman–Crippen MR) is 81.5 cm³/mol. The highest BCUT2D eigenvalue weighted by atomic mass is 35.5. The maximum absolute atomic E-state index is 6.37. The summed E-state index contributed by atoms with van der Waals surface area (Å²) in [5.41, 5.74) is 8.27. The van der Waals surface area contributed by atoms with Crippen LogP contribution in [0.2, 0.25) is 5.02 Å². The third kappa shape index (κ3) is 3.63. The SMILES string of the molecule is CC(N)Cc1cccc(Cl)c1N(C)C(C)C(C)C. The van der Waals surface area contributed by atoms with Crippen molar-refractivity contribution in [1.82, 2.24) is 0 Å². The molecule has 1 aromatic carbocycles. The molecule has 0 amide bonds. The molecule has 0 saturated carbocycles. The number of nitrogens with two attached hydrogens (primary N) is 1. The number of anilines is 1. The van der Waals surface area contributed by atoms with Gasteiger partial charge in [0.2, 0.25) is 0 Å². The van der Waals surface area contributed by atoms with Crippen LogP contribution in [0.5, 0.6) is 0 Å². The molecule has 0 radical (unpaired) electrons. The van der Waals surface area contributed by atoms with Gasteiger partial charge in [0, 0.05) is 19.1 Å². The number of hydrogen-bond acceptors (Lipinski definition) is 2. The highest BCUT2D eigenvalue weighted by Crippen LogP contribution is 2.32. The van der Waals surface area contributed by atoms with Gasteiger partial charge in [-0.1, -0.05) is 37.6 Å². The fourth-order valence-corrected chi connectivity index (χ4v) is 2.44. The number of benzene rings is 1. The van der Waals surface area contributed by atoms with Gasteiger partial charge in [-0.05, 0) is 37.8 Å². The number of nitrogens with zero attached hydrogens (tertiary/aromatic N) is 1. The first-order valence-electron chi connectivity index (χ1n) is 6.60. The Morgan fingerprint density at radius 1 is 1.22 bits per heavy atom. The van der Waals surface area contributed by atoms with Crippen molar-refractivity contribution in [3.63, 3.8) is 0 Å². The summed E-state index contributed by atoms with van der Waals surface area (Å²) >= 11 is 6.37. The number of para-hydroxylation sites is 1. The average molecular weight is 269 g/mol. The quantitative estimate of drug-likeness (QED) is 0.882. The predicted octanol–water partition coefficient (Wildman–Crippen LogP) is 3.71. The molecule has 0 fully saturated rings. The lowest BCUT2D eigenvalue weighted by Gasteiger charge is -2.32. The largest absolute Gasteiger partial charge is 0.370 e. The molecule has 0 heterocycles. The second-order valence-electron chi connectivity index (χ2n) is 5.52. The lowest BCUT2D eigenvalue weighted by molar-refractivity contribution is 0.504. The van der Waals surface area contributed by atoms with E-state index in [1.165, 1.54) is 5.56 Å². The molecular formula is C15H25ClN2. The molecule has 0 aromatic heterocycles. The molecule has 18 heavy (non-hydrogen) atoms. The molecule has 0 aliphatic carbocycles. The first kappa shape index (κ1) is 15.3. The van der Waals surface area contributed by atoms with E-state index >= 15 is 0 Å². The van der Waals surface area contributed by atoms with E-state index in [1.54, 1.807) is 0 Å². The van der Waals surface area contributed by atoms with Gasteiger partial charge in [-0.25, -0.2) is 0 Å². The summed E-state index contributed by atoms with van der Waals surface area (Å²) in [7, 11) is 2.11. The Labute approximate surface area is 116 Å². The van der Waals surface area contributed by atoms with Gasteiger partial charge in [-0.3, -0.25) is 0 Å². The molecule has 2 atom stereocenters. The lowest BCUT2D eigenvalue weighted by atomic mass is 10.0. The van der Waals surface area contributed by atoms with Crippen LogP contribution in [0.1, 0.15) is 33.3 Å². The van der Waals surface area contributed by atoms with E-state index in [-0.39, 0.29) is 6.04 Å². The lowest BCUT2D eigenvalue weighted by Crippen LogP contribution is -2.34. The van der Waals surface area contributed by atoms with Gasteiger partial charge in [-0.2, -0.15) is 0 Å². The molecule has 0 aliphatic rings. The topological polar surface area (TPSA) is 29.3 Å². The molecule has 1 rings (SSSR count). The minimum Gasteiger partial charge on any atom is -0.370 e. The first-order chi connectivity index (χ1) is 8.34. The summed E-state index contributed by atoms with van der Waals surface area (Å²) < 4.78 is 0. The van der Waals surface area contributed by atoms with Crippen LogP contribution in [0.15, 0.2) is 18.2 Å². The minimum absolute atomic E-state index is 0.143. The molecule has 0 aliphatic heterocycles. The molecule has 102 valence electrons. The Morgan fingerprint density at radius 3 is 2.33 bits per heavy atom. The van der Waals surface area contributed by atoms with Crippen molar-refractivity contribution in [1.29, 1.82) is 0 Å². The van der Waals surface area contributed by atoms with Crippen molar-refractivity contribution in [2.24, 2.45) is 11.7 Å². The molecule has 0 spiro atoms. The van der Waals surface area contributed by atoms with Crippen molar-refractivity contribution in [2.45, 2.75) is 46.2 Å². The summed E-state index contributed by atoms with van der Waals surface area (Å²) in [4.78, 5) is 2.27. The van der Waals surface area contributed by atoms with E-state index < -0.39 is 0 Å². The van der Waals surface area contributed by atoms with Gasteiger partial charge >= 0.3 is 0 Å². The van der Waals surface area contributed by atoms with E-state index in [4.69, 9.17) is 17.3 Å². The summed E-state index contributed by atoms with van der Waals surface area (Å²) in [6.07, 6.45) is 0.852. The first-order valence-corrected chi connectivity index (χ1v) is 6.98. The molecule has 1 aromatic rings. The van der Waals surface area contributed by atoms with Crippen molar-refractivity contribution < 1.29 is 0 Å². The normalized spacial score (nSPS) is 14.7. The van der Waals surface area contributed by atoms with Crippen LogP contribution in [0.4, 0.5) is 5.69 Å². The van der Waals surface area contributed by atoms with Crippen LogP contribution in [0.25, 0.3) is 0 Å². The zero-order valence-corrected chi connectivity index (χ0v) is 12.8. The minimum atomic E-state index is 0.143. The van der Waals surface area contributed by atoms with E-state index in [2.05, 4.69) is 38.8 Å². The van der Waals surface area contributed by atoms with Crippen molar-refractivity contribution in [3.8, 4) is 0 Å². The van der Waals surface area contributed by atoms with Gasteiger partial charge in [-0.15, -0.1) is 0 Å². The van der Waals surface area contributed by atoms with Gasteiger partial charge in [0.1, 0.15) is 0 Å². The van der Waals surface area contributed by atoms with Gasteiger partial charge in [0.25, 0.3) is 0 Å². The highest BCUT2D eigenvalue weighted by Gasteiger charge is 2.19. The Kier molecular flexibility index (Phi) is 5.48. The number of rotatable bonds is 5. The van der Waals surface area contributed by atoms with Crippen LogP contribution in [0.3, 0.4) is 0 Å². The Bertz CT molecular complexity index is 388. The second kappa shape index (κ2) is 6.44. The fourth-order valence-electron chi connectivity index (χ4n) is 2.12. The molecule has 2 nitrogen and oxygen atoms in total. The second-order valence-corrected chi connectivity index (χ2v) is 5.93. The average Bonchev–Trinajstić information content (AvgIpc) is 2.26. The van der Waals surface area contributed by atoms with Gasteiger partial charge in [0.05, 0.1) is 10.7 Å². The molecule has 0 bridgehead atoms. The van der Waals surface area contributed by atoms with Crippen LogP contribution in [-0.2, 0) is 6.42 Å².